The molecule has 0 amide bonds. The maximum Gasteiger partial charge on any atom is 0.240 e. The lowest BCUT2D eigenvalue weighted by atomic mass is 10.1. The first-order chi connectivity index (χ1) is 10.8. The number of benzene rings is 1. The molecule has 1 unspecified atom stereocenters. The molecule has 2 aromatic rings. The largest absolute Gasteiger partial charge is 0.338 e. The Kier molecular flexibility index (Phi) is 5.19. The van der Waals surface area contributed by atoms with E-state index in [1.165, 1.54) is 24.8 Å². The number of nitrogens with one attached hydrogen (secondary N) is 1. The highest BCUT2D eigenvalue weighted by molar-refractivity contribution is 5.18. The minimum absolute atomic E-state index is 0.597. The van der Waals surface area contributed by atoms with Crippen LogP contribution in [0.3, 0.4) is 0 Å². The Hall–Kier alpha value is -1.72. The smallest absolute Gasteiger partial charge is 0.240 e. The number of aromatic nitrogens is 2. The van der Waals surface area contributed by atoms with Gasteiger partial charge in [0.05, 0.1) is 6.54 Å². The second kappa shape index (κ2) is 7.51. The van der Waals surface area contributed by atoms with Gasteiger partial charge >= 0.3 is 0 Å². The van der Waals surface area contributed by atoms with Gasteiger partial charge in [0.1, 0.15) is 0 Å². The van der Waals surface area contributed by atoms with E-state index in [1.54, 1.807) is 0 Å². The predicted molar refractivity (Wildman–Crippen MR) is 85.5 cm³/mol. The summed E-state index contributed by atoms with van der Waals surface area (Å²) in [4.78, 5) is 6.87. The fraction of sp³-hybridized carbons (Fsp3) is 0.529. The molecule has 2 heterocycles. The van der Waals surface area contributed by atoms with Crippen LogP contribution in [0.1, 0.15) is 36.5 Å². The summed E-state index contributed by atoms with van der Waals surface area (Å²) in [5.41, 5.74) is 1.21. The van der Waals surface area contributed by atoms with Gasteiger partial charge in [0.2, 0.25) is 5.89 Å². The highest BCUT2D eigenvalue weighted by atomic mass is 16.5. The molecule has 22 heavy (non-hydrogen) atoms. The van der Waals surface area contributed by atoms with E-state index in [0.29, 0.717) is 11.9 Å². The average Bonchev–Trinajstić information content (AvgIpc) is 2.80. The van der Waals surface area contributed by atoms with E-state index in [0.717, 1.165) is 31.9 Å². The molecule has 1 saturated heterocycles. The molecule has 3 rings (SSSR count). The van der Waals surface area contributed by atoms with Crippen molar-refractivity contribution in [3.63, 3.8) is 0 Å². The number of hydrogen-bond acceptors (Lipinski definition) is 5. The number of hydrogen-bond donors (Lipinski definition) is 1. The summed E-state index contributed by atoms with van der Waals surface area (Å²) in [6, 6.07) is 10.8. The van der Waals surface area contributed by atoms with Crippen molar-refractivity contribution < 1.29 is 4.52 Å². The lowest BCUT2D eigenvalue weighted by Crippen LogP contribution is -2.32. The van der Waals surface area contributed by atoms with Gasteiger partial charge in [-0.1, -0.05) is 35.5 Å². The van der Waals surface area contributed by atoms with E-state index < -0.39 is 0 Å². The van der Waals surface area contributed by atoms with E-state index in [2.05, 4.69) is 39.5 Å². The Balaban J connectivity index is 1.56. The van der Waals surface area contributed by atoms with Crippen molar-refractivity contribution in [3.8, 4) is 0 Å². The van der Waals surface area contributed by atoms with Crippen LogP contribution in [0.25, 0.3) is 0 Å². The zero-order valence-electron chi connectivity index (χ0n) is 13.2. The molecule has 5 heteroatoms. The lowest BCUT2D eigenvalue weighted by molar-refractivity contribution is 0.190. The first kappa shape index (κ1) is 15.2. The summed E-state index contributed by atoms with van der Waals surface area (Å²) in [7, 11) is 2.15. The standard InChI is InChI=1S/C17H24N4O/c1-21(15-8-5-10-18-11-9-15)13-17-19-16(20-22-17)12-14-6-3-2-4-7-14/h2-4,6-7,15,18H,5,8-13H2,1H3. The zero-order chi connectivity index (χ0) is 15.2. The Bertz CT molecular complexity index is 561. The molecule has 1 fully saturated rings. The molecule has 5 nitrogen and oxygen atoms in total. The van der Waals surface area contributed by atoms with Gasteiger partial charge in [-0.2, -0.15) is 4.98 Å². The van der Waals surface area contributed by atoms with Crippen LogP contribution in [0.15, 0.2) is 34.9 Å². The van der Waals surface area contributed by atoms with Gasteiger partial charge < -0.3 is 9.84 Å². The third-order valence-electron chi connectivity index (χ3n) is 4.27. The molecule has 1 N–H and O–H groups in total. The molecular formula is C17H24N4O. The van der Waals surface area contributed by atoms with Gasteiger partial charge in [-0.25, -0.2) is 0 Å². The van der Waals surface area contributed by atoms with Crippen LogP contribution >= 0.6 is 0 Å². The molecule has 0 bridgehead atoms. The summed E-state index contributed by atoms with van der Waals surface area (Å²) in [5, 5.41) is 7.55. The molecule has 0 saturated carbocycles. The van der Waals surface area contributed by atoms with Crippen molar-refractivity contribution in [2.75, 3.05) is 20.1 Å². The van der Waals surface area contributed by atoms with Gasteiger partial charge in [-0.15, -0.1) is 0 Å². The van der Waals surface area contributed by atoms with E-state index in [9.17, 15) is 0 Å². The highest BCUT2D eigenvalue weighted by Gasteiger charge is 2.19. The van der Waals surface area contributed by atoms with Crippen molar-refractivity contribution >= 4 is 0 Å². The van der Waals surface area contributed by atoms with E-state index in [1.807, 2.05) is 18.2 Å². The first-order valence-electron chi connectivity index (χ1n) is 8.07. The summed E-state index contributed by atoms with van der Waals surface area (Å²) in [5.74, 6) is 1.47. The summed E-state index contributed by atoms with van der Waals surface area (Å²) < 4.78 is 5.41. The Labute approximate surface area is 131 Å². The van der Waals surface area contributed by atoms with Crippen LogP contribution in [-0.4, -0.2) is 41.2 Å². The van der Waals surface area contributed by atoms with Crippen LogP contribution < -0.4 is 5.32 Å². The van der Waals surface area contributed by atoms with E-state index in [-0.39, 0.29) is 0 Å². The number of rotatable bonds is 5. The van der Waals surface area contributed by atoms with E-state index >= 15 is 0 Å². The summed E-state index contributed by atoms with van der Waals surface area (Å²) >= 11 is 0. The predicted octanol–water partition coefficient (Wildman–Crippen LogP) is 2.23. The maximum absolute atomic E-state index is 5.41. The molecule has 1 aliphatic rings. The summed E-state index contributed by atoms with van der Waals surface area (Å²) in [6.07, 6.45) is 4.37. The van der Waals surface area contributed by atoms with Crippen molar-refractivity contribution in [2.24, 2.45) is 0 Å². The fourth-order valence-corrected chi connectivity index (χ4v) is 2.99. The molecule has 118 valence electrons. The monoisotopic (exact) mass is 300 g/mol. The molecular weight excluding hydrogens is 276 g/mol. The first-order valence-corrected chi connectivity index (χ1v) is 8.07. The van der Waals surface area contributed by atoms with Gasteiger partial charge in [0.25, 0.3) is 0 Å². The summed E-state index contributed by atoms with van der Waals surface area (Å²) in [6.45, 7) is 2.96. The Morgan fingerprint density at radius 1 is 1.23 bits per heavy atom. The van der Waals surface area contributed by atoms with Crippen LogP contribution in [-0.2, 0) is 13.0 Å². The van der Waals surface area contributed by atoms with Crippen molar-refractivity contribution in [1.82, 2.24) is 20.4 Å². The Morgan fingerprint density at radius 3 is 2.95 bits per heavy atom. The minimum atomic E-state index is 0.597. The zero-order valence-corrected chi connectivity index (χ0v) is 13.2. The van der Waals surface area contributed by atoms with Gasteiger partial charge in [-0.05, 0) is 45.0 Å². The Morgan fingerprint density at radius 2 is 2.09 bits per heavy atom. The second-order valence-corrected chi connectivity index (χ2v) is 6.02. The topological polar surface area (TPSA) is 54.2 Å². The normalized spacial score (nSPS) is 19.3. The van der Waals surface area contributed by atoms with E-state index in [4.69, 9.17) is 4.52 Å². The minimum Gasteiger partial charge on any atom is -0.338 e. The molecule has 1 atom stereocenters. The van der Waals surface area contributed by atoms with Gasteiger partial charge in [0, 0.05) is 12.5 Å². The van der Waals surface area contributed by atoms with Crippen molar-refractivity contribution in [2.45, 2.75) is 38.3 Å². The molecule has 1 aliphatic heterocycles. The second-order valence-electron chi connectivity index (χ2n) is 6.02. The molecule has 0 radical (unpaired) electrons. The van der Waals surface area contributed by atoms with Crippen LogP contribution in [0, 0.1) is 0 Å². The fourth-order valence-electron chi connectivity index (χ4n) is 2.99. The van der Waals surface area contributed by atoms with Crippen molar-refractivity contribution in [1.29, 1.82) is 0 Å². The highest BCUT2D eigenvalue weighted by Crippen LogP contribution is 2.15. The molecule has 1 aromatic heterocycles. The molecule has 0 spiro atoms. The van der Waals surface area contributed by atoms with Crippen LogP contribution in [0.2, 0.25) is 0 Å². The van der Waals surface area contributed by atoms with Crippen molar-refractivity contribution in [3.05, 3.63) is 47.6 Å². The van der Waals surface area contributed by atoms with Crippen LogP contribution in [0.4, 0.5) is 0 Å². The maximum atomic E-state index is 5.41. The SMILES string of the molecule is CN(Cc1nc(Cc2ccccc2)no1)C1CCCNCC1. The van der Waals surface area contributed by atoms with Gasteiger partial charge in [-0.3, -0.25) is 4.90 Å². The molecule has 0 aliphatic carbocycles. The number of nitrogens with zero attached hydrogens (tertiary/aromatic N) is 3. The van der Waals surface area contributed by atoms with Gasteiger partial charge in [0.15, 0.2) is 5.82 Å². The van der Waals surface area contributed by atoms with Crippen LogP contribution in [0.5, 0.6) is 0 Å². The molecule has 1 aromatic carbocycles. The third-order valence-corrected chi connectivity index (χ3v) is 4.27. The quantitative estimate of drug-likeness (QED) is 0.917. The average molecular weight is 300 g/mol. The third kappa shape index (κ3) is 4.15. The lowest BCUT2D eigenvalue weighted by Gasteiger charge is -2.25.